The molecule has 0 fully saturated rings. The highest BCUT2D eigenvalue weighted by molar-refractivity contribution is 7.98. The molecule has 0 unspecified atom stereocenters. The number of aromatic nitrogens is 1. The molecule has 3 aromatic rings. The Morgan fingerprint density at radius 2 is 1.94 bits per heavy atom. The van der Waals surface area contributed by atoms with Crippen LogP contribution in [0.4, 0.5) is 8.78 Å². The average molecular weight is 517 g/mol. The van der Waals surface area contributed by atoms with Crippen LogP contribution in [0.25, 0.3) is 6.08 Å². The van der Waals surface area contributed by atoms with Gasteiger partial charge in [-0.25, -0.2) is 9.79 Å². The summed E-state index contributed by atoms with van der Waals surface area (Å²) in [5, 5.41) is 0. The largest absolute Gasteiger partial charge is 0.463 e. The summed E-state index contributed by atoms with van der Waals surface area (Å²) >= 11 is 2.70. The van der Waals surface area contributed by atoms with Gasteiger partial charge in [0.05, 0.1) is 28.5 Å². The second-order valence-electron chi connectivity index (χ2n) is 7.49. The van der Waals surface area contributed by atoms with E-state index in [1.807, 2.05) is 30.5 Å². The zero-order valence-electron chi connectivity index (χ0n) is 19.2. The molecule has 1 atom stereocenters. The maximum Gasteiger partial charge on any atom is 0.387 e. The molecule has 4 rings (SSSR count). The molecule has 0 amide bonds. The molecule has 0 bridgehead atoms. The highest BCUT2D eigenvalue weighted by Crippen LogP contribution is 2.31. The van der Waals surface area contributed by atoms with Crippen molar-refractivity contribution >= 4 is 35.1 Å². The minimum Gasteiger partial charge on any atom is -0.463 e. The van der Waals surface area contributed by atoms with Crippen molar-refractivity contribution in [2.24, 2.45) is 4.99 Å². The first kappa shape index (κ1) is 24.9. The van der Waals surface area contributed by atoms with E-state index in [9.17, 15) is 18.4 Å². The SMILES string of the molecule is CCOC(=O)C1=C(C)N=c2s/c(=C/c3ccccc3OC(F)F)c(=O)n2[C@@H]1c1ccc(SC)cc1. The number of alkyl halides is 2. The van der Waals surface area contributed by atoms with Gasteiger partial charge in [0.25, 0.3) is 5.56 Å². The first-order chi connectivity index (χ1) is 16.8. The topological polar surface area (TPSA) is 69.9 Å². The smallest absolute Gasteiger partial charge is 0.387 e. The first-order valence-electron chi connectivity index (χ1n) is 10.7. The summed E-state index contributed by atoms with van der Waals surface area (Å²) in [6, 6.07) is 13.1. The van der Waals surface area contributed by atoms with E-state index in [0.29, 0.717) is 16.1 Å². The van der Waals surface area contributed by atoms with Crippen LogP contribution in [-0.4, -0.2) is 30.0 Å². The second kappa shape index (κ2) is 10.6. The third-order valence-electron chi connectivity index (χ3n) is 5.37. The molecule has 2 aromatic carbocycles. The Balaban J connectivity index is 1.92. The number of para-hydroxylation sites is 1. The third-order valence-corrected chi connectivity index (χ3v) is 7.10. The molecule has 0 saturated heterocycles. The Kier molecular flexibility index (Phi) is 7.51. The molecule has 6 nitrogen and oxygen atoms in total. The molecule has 0 radical (unpaired) electrons. The van der Waals surface area contributed by atoms with Crippen molar-refractivity contribution in [3.05, 3.63) is 90.6 Å². The van der Waals surface area contributed by atoms with Crippen LogP contribution in [0.5, 0.6) is 5.75 Å². The number of halogens is 2. The highest BCUT2D eigenvalue weighted by Gasteiger charge is 2.33. The average Bonchev–Trinajstić information content (AvgIpc) is 3.13. The van der Waals surface area contributed by atoms with Crippen LogP contribution in [0.1, 0.15) is 31.0 Å². The summed E-state index contributed by atoms with van der Waals surface area (Å²) in [5.41, 5.74) is 1.41. The zero-order chi connectivity index (χ0) is 25.1. The number of carbonyl (C=O) groups excluding carboxylic acids is 1. The summed E-state index contributed by atoms with van der Waals surface area (Å²) < 4.78 is 37.3. The lowest BCUT2D eigenvalue weighted by Gasteiger charge is -2.24. The van der Waals surface area contributed by atoms with Crippen molar-refractivity contribution in [3.8, 4) is 5.75 Å². The van der Waals surface area contributed by atoms with Crippen molar-refractivity contribution in [3.63, 3.8) is 0 Å². The number of thiazole rings is 1. The van der Waals surface area contributed by atoms with Gasteiger partial charge in [0.2, 0.25) is 0 Å². The molecule has 0 spiro atoms. The van der Waals surface area contributed by atoms with E-state index in [4.69, 9.17) is 4.74 Å². The fraction of sp³-hybridized carbons (Fsp3) is 0.240. The highest BCUT2D eigenvalue weighted by atomic mass is 32.2. The van der Waals surface area contributed by atoms with Gasteiger partial charge >= 0.3 is 12.6 Å². The summed E-state index contributed by atoms with van der Waals surface area (Å²) in [5.74, 6) is -0.585. The van der Waals surface area contributed by atoms with E-state index in [1.165, 1.54) is 16.7 Å². The number of rotatable bonds is 7. The monoisotopic (exact) mass is 516 g/mol. The van der Waals surface area contributed by atoms with Gasteiger partial charge < -0.3 is 9.47 Å². The molecule has 1 aliphatic rings. The molecule has 1 aliphatic heterocycles. The van der Waals surface area contributed by atoms with Gasteiger partial charge in [-0.2, -0.15) is 8.78 Å². The maximum absolute atomic E-state index is 13.6. The molecular weight excluding hydrogens is 494 g/mol. The number of carbonyl (C=O) groups is 1. The molecule has 0 N–H and O–H groups in total. The van der Waals surface area contributed by atoms with Crippen molar-refractivity contribution in [2.75, 3.05) is 12.9 Å². The predicted octanol–water partition coefficient (Wildman–Crippen LogP) is 4.12. The van der Waals surface area contributed by atoms with E-state index in [1.54, 1.807) is 43.8 Å². The van der Waals surface area contributed by atoms with Crippen LogP contribution in [-0.2, 0) is 9.53 Å². The first-order valence-corrected chi connectivity index (χ1v) is 12.8. The van der Waals surface area contributed by atoms with E-state index >= 15 is 0 Å². The van der Waals surface area contributed by atoms with Crippen molar-refractivity contribution in [1.82, 2.24) is 4.57 Å². The van der Waals surface area contributed by atoms with Gasteiger partial charge in [0.15, 0.2) is 4.80 Å². The number of hydrogen-bond acceptors (Lipinski definition) is 7. The van der Waals surface area contributed by atoms with Crippen LogP contribution < -0.4 is 19.6 Å². The quantitative estimate of drug-likeness (QED) is 0.349. The van der Waals surface area contributed by atoms with Crippen LogP contribution in [0.2, 0.25) is 0 Å². The van der Waals surface area contributed by atoms with Crippen molar-refractivity contribution < 1.29 is 23.0 Å². The van der Waals surface area contributed by atoms with Crippen LogP contribution in [0, 0.1) is 0 Å². The number of esters is 1. The summed E-state index contributed by atoms with van der Waals surface area (Å²) in [6.07, 6.45) is 3.46. The zero-order valence-corrected chi connectivity index (χ0v) is 20.8. The minimum atomic E-state index is -3.00. The Bertz CT molecular complexity index is 1460. The van der Waals surface area contributed by atoms with E-state index in [2.05, 4.69) is 9.73 Å². The van der Waals surface area contributed by atoms with Crippen LogP contribution in [0.3, 0.4) is 0 Å². The Morgan fingerprint density at radius 3 is 2.60 bits per heavy atom. The fourth-order valence-corrected chi connectivity index (χ4v) is 5.28. The molecule has 0 saturated carbocycles. The Morgan fingerprint density at radius 1 is 1.23 bits per heavy atom. The minimum absolute atomic E-state index is 0.0408. The van der Waals surface area contributed by atoms with Gasteiger partial charge in [0, 0.05) is 10.5 Å². The molecule has 35 heavy (non-hydrogen) atoms. The van der Waals surface area contributed by atoms with E-state index < -0.39 is 24.2 Å². The molecule has 2 heterocycles. The Hall–Kier alpha value is -3.24. The summed E-state index contributed by atoms with van der Waals surface area (Å²) in [7, 11) is 0. The van der Waals surface area contributed by atoms with E-state index in [0.717, 1.165) is 21.8 Å². The lowest BCUT2D eigenvalue weighted by molar-refractivity contribution is -0.139. The number of allylic oxidation sites excluding steroid dienone is 1. The van der Waals surface area contributed by atoms with Gasteiger partial charge in [-0.05, 0) is 49.9 Å². The molecular formula is C25H22F2N2O4S2. The van der Waals surface area contributed by atoms with Gasteiger partial charge in [-0.1, -0.05) is 41.7 Å². The van der Waals surface area contributed by atoms with Gasteiger partial charge in [-0.15, -0.1) is 11.8 Å². The lowest BCUT2D eigenvalue weighted by Crippen LogP contribution is -2.39. The van der Waals surface area contributed by atoms with Crippen molar-refractivity contribution in [1.29, 1.82) is 0 Å². The van der Waals surface area contributed by atoms with Crippen LogP contribution in [0.15, 0.2) is 74.5 Å². The van der Waals surface area contributed by atoms with Gasteiger partial charge in [-0.3, -0.25) is 9.36 Å². The third kappa shape index (κ3) is 5.08. The fourth-order valence-electron chi connectivity index (χ4n) is 3.84. The molecule has 0 aliphatic carbocycles. The second-order valence-corrected chi connectivity index (χ2v) is 9.38. The normalized spacial score (nSPS) is 15.7. The predicted molar refractivity (Wildman–Crippen MR) is 132 cm³/mol. The number of benzene rings is 2. The maximum atomic E-state index is 13.6. The van der Waals surface area contributed by atoms with Gasteiger partial charge in [0.1, 0.15) is 5.75 Å². The number of nitrogens with zero attached hydrogens (tertiary/aromatic N) is 2. The van der Waals surface area contributed by atoms with E-state index in [-0.39, 0.29) is 22.5 Å². The number of hydrogen-bond donors (Lipinski definition) is 0. The summed E-state index contributed by atoms with van der Waals surface area (Å²) in [4.78, 5) is 32.5. The number of ether oxygens (including phenoxy) is 2. The molecule has 10 heteroatoms. The van der Waals surface area contributed by atoms with Crippen LogP contribution >= 0.6 is 23.1 Å². The molecule has 182 valence electrons. The standard InChI is InChI=1S/C25H22F2N2O4S2/c1-4-32-23(31)20-14(2)28-25-29(21(20)15-9-11-17(34-3)12-10-15)22(30)19(35-25)13-16-7-5-6-8-18(16)33-24(26)27/h5-13,21,24H,4H2,1-3H3/b19-13+/t21-/m1/s1. The van der Waals surface area contributed by atoms with Crippen molar-refractivity contribution in [2.45, 2.75) is 31.4 Å². The summed E-state index contributed by atoms with van der Waals surface area (Å²) in [6.45, 7) is 0.603. The number of fused-ring (bicyclic) bond motifs is 1. The Labute approximate surface area is 208 Å². The number of thioether (sulfide) groups is 1. The molecule has 1 aromatic heterocycles. The lowest BCUT2D eigenvalue weighted by atomic mass is 9.96.